The molecule has 2 N–H and O–H groups in total. The van der Waals surface area contributed by atoms with Crippen molar-refractivity contribution in [3.05, 3.63) is 113 Å². The molecule has 4 aromatic rings. The quantitative estimate of drug-likeness (QED) is 0.222. The maximum absolute atomic E-state index is 12.8. The SMILES string of the molecule is C[C@H](NC(=O)c1ccc(SCc2c(O[C@H](Cn3ccnc3)c3ccccc3)ccc3c2CCCC3=O)cc1)C(=O)O. The molecule has 0 saturated heterocycles. The number of hydrogen-bond donors (Lipinski definition) is 2. The fraction of sp³-hybridized carbons (Fsp3) is 0.250. The maximum atomic E-state index is 12.8. The highest BCUT2D eigenvalue weighted by molar-refractivity contribution is 7.98. The van der Waals surface area contributed by atoms with Crippen LogP contribution in [0, 0.1) is 0 Å². The number of Topliss-reactive ketones (excluding diaryl/α,β-unsaturated/α-hetero) is 1. The Labute approximate surface area is 242 Å². The van der Waals surface area contributed by atoms with Crippen molar-refractivity contribution in [2.75, 3.05) is 0 Å². The third-order valence-corrected chi connectivity index (χ3v) is 8.15. The third kappa shape index (κ3) is 6.86. The number of carboxylic acid groups (broad SMARTS) is 1. The van der Waals surface area contributed by atoms with E-state index in [1.165, 1.54) is 6.92 Å². The minimum Gasteiger partial charge on any atom is -0.484 e. The van der Waals surface area contributed by atoms with Crippen molar-refractivity contribution in [2.24, 2.45) is 0 Å². The molecule has 5 rings (SSSR count). The molecule has 3 aromatic carbocycles. The van der Waals surface area contributed by atoms with Gasteiger partial charge in [0.05, 0.1) is 12.9 Å². The van der Waals surface area contributed by atoms with Crippen molar-refractivity contribution in [1.82, 2.24) is 14.9 Å². The van der Waals surface area contributed by atoms with E-state index in [9.17, 15) is 14.4 Å². The van der Waals surface area contributed by atoms with E-state index in [1.807, 2.05) is 65.4 Å². The highest BCUT2D eigenvalue weighted by Gasteiger charge is 2.25. The van der Waals surface area contributed by atoms with Gasteiger partial charge >= 0.3 is 5.97 Å². The predicted octanol–water partition coefficient (Wildman–Crippen LogP) is 5.72. The lowest BCUT2D eigenvalue weighted by Gasteiger charge is -2.25. The number of carboxylic acids is 1. The minimum absolute atomic E-state index is 0.160. The topological polar surface area (TPSA) is 111 Å². The summed E-state index contributed by atoms with van der Waals surface area (Å²) in [5.74, 6) is -0.0352. The summed E-state index contributed by atoms with van der Waals surface area (Å²) in [7, 11) is 0. The van der Waals surface area contributed by atoms with E-state index in [2.05, 4.69) is 10.3 Å². The molecule has 1 aromatic heterocycles. The number of nitrogens with one attached hydrogen (secondary N) is 1. The number of amides is 1. The fourth-order valence-corrected chi connectivity index (χ4v) is 5.82. The standard InChI is InChI=1S/C32H31N3O5S/c1-21(32(38)39)34-31(37)23-10-12-24(13-11-23)41-19-27-25-8-5-9-28(36)26(25)14-15-29(27)40-30(18-35-17-16-33-20-35)22-6-3-2-4-7-22/h2-4,6-7,10-17,20-21,30H,5,8-9,18-19H2,1H3,(H,34,37)(H,38,39)/t21-,30+/m0/s1. The summed E-state index contributed by atoms with van der Waals surface area (Å²) < 4.78 is 8.72. The normalized spacial score (nSPS) is 14.1. The molecule has 210 valence electrons. The summed E-state index contributed by atoms with van der Waals surface area (Å²) >= 11 is 1.60. The Kier molecular flexibility index (Phi) is 8.84. The number of nitrogens with zero attached hydrogens (tertiary/aromatic N) is 2. The summed E-state index contributed by atoms with van der Waals surface area (Å²) in [6.45, 7) is 2.00. The smallest absolute Gasteiger partial charge is 0.325 e. The zero-order valence-corrected chi connectivity index (χ0v) is 23.5. The van der Waals surface area contributed by atoms with Crippen LogP contribution >= 0.6 is 11.8 Å². The summed E-state index contributed by atoms with van der Waals surface area (Å²) in [4.78, 5) is 41.3. The molecule has 0 radical (unpaired) electrons. The Morgan fingerprint density at radius 2 is 1.85 bits per heavy atom. The van der Waals surface area contributed by atoms with Crippen LogP contribution < -0.4 is 10.1 Å². The second-order valence-electron chi connectivity index (χ2n) is 9.97. The first-order valence-electron chi connectivity index (χ1n) is 13.5. The van der Waals surface area contributed by atoms with Crippen molar-refractivity contribution in [3.8, 4) is 5.75 Å². The van der Waals surface area contributed by atoms with Gasteiger partial charge in [0, 0.05) is 46.2 Å². The summed E-state index contributed by atoms with van der Waals surface area (Å²) in [5.41, 5.74) is 4.24. The van der Waals surface area contributed by atoms with Crippen LogP contribution in [0.5, 0.6) is 5.75 Å². The molecular formula is C32H31N3O5S. The number of benzene rings is 3. The number of hydrogen-bond acceptors (Lipinski definition) is 6. The van der Waals surface area contributed by atoms with Gasteiger partial charge in [-0.15, -0.1) is 11.8 Å². The number of fused-ring (bicyclic) bond motifs is 1. The first-order valence-corrected chi connectivity index (χ1v) is 14.5. The Hall–Kier alpha value is -4.37. The number of ether oxygens (including phenoxy) is 1. The van der Waals surface area contributed by atoms with Crippen LogP contribution in [0.25, 0.3) is 0 Å². The zero-order chi connectivity index (χ0) is 28.8. The summed E-state index contributed by atoms with van der Waals surface area (Å²) in [6, 6.07) is 20.0. The van der Waals surface area contributed by atoms with Crippen molar-refractivity contribution >= 4 is 29.4 Å². The highest BCUT2D eigenvalue weighted by Crippen LogP contribution is 2.38. The van der Waals surface area contributed by atoms with Gasteiger partial charge in [0.15, 0.2) is 5.78 Å². The van der Waals surface area contributed by atoms with Gasteiger partial charge in [-0.05, 0) is 67.3 Å². The average Bonchev–Trinajstić information content (AvgIpc) is 3.50. The van der Waals surface area contributed by atoms with Crippen LogP contribution in [0.3, 0.4) is 0 Å². The second-order valence-corrected chi connectivity index (χ2v) is 11.0. The van der Waals surface area contributed by atoms with Gasteiger partial charge in [0.25, 0.3) is 5.91 Å². The number of aliphatic carboxylic acids is 1. The number of aromatic nitrogens is 2. The van der Waals surface area contributed by atoms with E-state index >= 15 is 0 Å². The highest BCUT2D eigenvalue weighted by atomic mass is 32.2. The lowest BCUT2D eigenvalue weighted by molar-refractivity contribution is -0.138. The van der Waals surface area contributed by atoms with E-state index in [-0.39, 0.29) is 11.9 Å². The summed E-state index contributed by atoms with van der Waals surface area (Å²) in [5, 5.41) is 11.5. The molecule has 2 atom stereocenters. The van der Waals surface area contributed by atoms with Gasteiger partial charge < -0.3 is 19.7 Å². The van der Waals surface area contributed by atoms with Crippen LogP contribution in [0.4, 0.5) is 0 Å². The Morgan fingerprint density at radius 1 is 1.07 bits per heavy atom. The number of rotatable bonds is 11. The number of thioether (sulfide) groups is 1. The molecule has 9 heteroatoms. The molecule has 0 fully saturated rings. The Balaban J connectivity index is 1.40. The zero-order valence-electron chi connectivity index (χ0n) is 22.7. The van der Waals surface area contributed by atoms with Gasteiger partial charge in [-0.3, -0.25) is 14.4 Å². The molecule has 1 aliphatic rings. The minimum atomic E-state index is -1.09. The lowest BCUT2D eigenvalue weighted by Crippen LogP contribution is -2.38. The van der Waals surface area contributed by atoms with E-state index in [1.54, 1.807) is 36.4 Å². The summed E-state index contributed by atoms with van der Waals surface area (Å²) in [6.07, 6.45) is 7.34. The van der Waals surface area contributed by atoms with Gasteiger partial charge in [0.2, 0.25) is 0 Å². The van der Waals surface area contributed by atoms with Crippen molar-refractivity contribution in [3.63, 3.8) is 0 Å². The van der Waals surface area contributed by atoms with Crippen molar-refractivity contribution in [2.45, 2.75) is 55.5 Å². The number of imidazole rings is 1. The monoisotopic (exact) mass is 569 g/mol. The van der Waals surface area contributed by atoms with E-state index in [4.69, 9.17) is 9.84 Å². The van der Waals surface area contributed by atoms with Gasteiger partial charge in [0.1, 0.15) is 17.9 Å². The molecule has 1 heterocycles. The largest absolute Gasteiger partial charge is 0.484 e. The van der Waals surface area contributed by atoms with E-state index < -0.39 is 17.9 Å². The van der Waals surface area contributed by atoms with Crippen molar-refractivity contribution < 1.29 is 24.2 Å². The van der Waals surface area contributed by atoms with E-state index in [0.717, 1.165) is 45.7 Å². The molecule has 0 unspecified atom stereocenters. The first kappa shape index (κ1) is 28.2. The van der Waals surface area contributed by atoms with Crippen LogP contribution in [-0.2, 0) is 23.5 Å². The van der Waals surface area contributed by atoms with Gasteiger partial charge in [-0.2, -0.15) is 0 Å². The maximum Gasteiger partial charge on any atom is 0.325 e. The second kappa shape index (κ2) is 12.9. The predicted molar refractivity (Wildman–Crippen MR) is 156 cm³/mol. The number of carbonyl (C=O) groups is 3. The van der Waals surface area contributed by atoms with Gasteiger partial charge in [-0.1, -0.05) is 30.3 Å². The van der Waals surface area contributed by atoms with Gasteiger partial charge in [-0.25, -0.2) is 4.98 Å². The van der Waals surface area contributed by atoms with Crippen LogP contribution in [0.15, 0.2) is 90.3 Å². The van der Waals surface area contributed by atoms with Crippen LogP contribution in [0.2, 0.25) is 0 Å². The molecular weight excluding hydrogens is 538 g/mol. The van der Waals surface area contributed by atoms with E-state index in [0.29, 0.717) is 24.3 Å². The van der Waals surface area contributed by atoms with Crippen LogP contribution in [-0.4, -0.2) is 38.4 Å². The molecule has 1 amide bonds. The number of carbonyl (C=O) groups excluding carboxylic acids is 2. The fourth-order valence-electron chi connectivity index (χ4n) is 4.86. The lowest BCUT2D eigenvalue weighted by atomic mass is 9.87. The van der Waals surface area contributed by atoms with Crippen molar-refractivity contribution in [1.29, 1.82) is 0 Å². The Morgan fingerprint density at radius 3 is 2.56 bits per heavy atom. The first-order chi connectivity index (χ1) is 19.9. The number of ketones is 1. The molecule has 1 aliphatic carbocycles. The third-order valence-electron chi connectivity index (χ3n) is 7.11. The Bertz CT molecular complexity index is 1520. The molecule has 0 aliphatic heterocycles. The molecule has 41 heavy (non-hydrogen) atoms. The molecule has 0 bridgehead atoms. The molecule has 8 nitrogen and oxygen atoms in total. The molecule has 0 saturated carbocycles. The molecule has 0 spiro atoms. The average molecular weight is 570 g/mol. The van der Waals surface area contributed by atoms with Crippen LogP contribution in [0.1, 0.15) is 63.3 Å².